The van der Waals surface area contributed by atoms with Crippen molar-refractivity contribution in [2.75, 3.05) is 6.54 Å². The molecule has 0 fully saturated rings. The molecule has 1 aromatic carbocycles. The molecule has 0 aliphatic heterocycles. The van der Waals surface area contributed by atoms with E-state index in [4.69, 9.17) is 4.74 Å². The summed E-state index contributed by atoms with van der Waals surface area (Å²) in [6.45, 7) is 5.47. The zero-order chi connectivity index (χ0) is 19.8. The number of aryl methyl sites for hydroxylation is 1. The Kier molecular flexibility index (Phi) is 7.81. The predicted molar refractivity (Wildman–Crippen MR) is 105 cm³/mol. The van der Waals surface area contributed by atoms with Crippen LogP contribution >= 0.6 is 23.1 Å². The maximum absolute atomic E-state index is 12.5. The van der Waals surface area contributed by atoms with Crippen LogP contribution in [0.1, 0.15) is 35.5 Å². The van der Waals surface area contributed by atoms with Crippen molar-refractivity contribution >= 4 is 41.0 Å². The second kappa shape index (κ2) is 10.1. The highest BCUT2D eigenvalue weighted by molar-refractivity contribution is 8.00. The second-order valence-corrected chi connectivity index (χ2v) is 7.68. The third kappa shape index (κ3) is 6.37. The molecule has 1 atom stereocenters. The summed E-state index contributed by atoms with van der Waals surface area (Å²) in [5.41, 5.74) is 2.13. The van der Waals surface area contributed by atoms with Gasteiger partial charge in [0.25, 0.3) is 5.91 Å². The molecule has 144 valence electrons. The van der Waals surface area contributed by atoms with E-state index in [1.807, 2.05) is 24.4 Å². The number of urea groups is 1. The maximum Gasteiger partial charge on any atom is 0.339 e. The minimum atomic E-state index is -1.09. The van der Waals surface area contributed by atoms with Gasteiger partial charge in [0.05, 0.1) is 5.56 Å². The smallest absolute Gasteiger partial charge is 0.339 e. The molecular formula is C18H21N3O4S2. The normalized spacial score (nSPS) is 11.5. The van der Waals surface area contributed by atoms with Crippen molar-refractivity contribution in [2.24, 2.45) is 0 Å². The fourth-order valence-corrected chi connectivity index (χ4v) is 3.93. The van der Waals surface area contributed by atoms with Crippen molar-refractivity contribution in [1.29, 1.82) is 0 Å². The first-order valence-corrected chi connectivity index (χ1v) is 10.2. The van der Waals surface area contributed by atoms with Crippen LogP contribution in [0, 0.1) is 6.92 Å². The van der Waals surface area contributed by atoms with E-state index in [2.05, 4.69) is 15.6 Å². The molecule has 0 saturated heterocycles. The molecule has 7 nitrogen and oxygen atoms in total. The summed E-state index contributed by atoms with van der Waals surface area (Å²) in [6, 6.07) is 6.44. The lowest BCUT2D eigenvalue weighted by Gasteiger charge is -2.14. The van der Waals surface area contributed by atoms with Crippen LogP contribution in [0.5, 0.6) is 0 Å². The number of benzene rings is 1. The Balaban J connectivity index is 1.99. The monoisotopic (exact) mass is 407 g/mol. The molecule has 0 unspecified atom stereocenters. The second-order valence-electron chi connectivity index (χ2n) is 5.60. The van der Waals surface area contributed by atoms with E-state index >= 15 is 0 Å². The van der Waals surface area contributed by atoms with Crippen molar-refractivity contribution in [1.82, 2.24) is 15.6 Å². The summed E-state index contributed by atoms with van der Waals surface area (Å²) in [5.74, 6) is -0.739. The van der Waals surface area contributed by atoms with Gasteiger partial charge in [0.1, 0.15) is 4.34 Å². The molecule has 2 N–H and O–H groups in total. The number of thioether (sulfide) groups is 1. The van der Waals surface area contributed by atoms with Gasteiger partial charge in [-0.3, -0.25) is 10.1 Å². The first kappa shape index (κ1) is 20.9. The lowest BCUT2D eigenvalue weighted by atomic mass is 10.1. The number of thiazole rings is 1. The first-order chi connectivity index (χ1) is 12.9. The number of imide groups is 1. The number of aromatic nitrogens is 1. The van der Waals surface area contributed by atoms with Crippen LogP contribution in [0.4, 0.5) is 4.79 Å². The molecule has 2 aromatic rings. The zero-order valence-electron chi connectivity index (χ0n) is 15.3. The number of nitrogens with one attached hydrogen (secondary N) is 2. The zero-order valence-corrected chi connectivity index (χ0v) is 16.9. The summed E-state index contributed by atoms with van der Waals surface area (Å²) < 4.78 is 6.14. The minimum Gasteiger partial charge on any atom is -0.449 e. The summed E-state index contributed by atoms with van der Waals surface area (Å²) in [5, 5.41) is 6.53. The van der Waals surface area contributed by atoms with Crippen LogP contribution in [-0.2, 0) is 15.3 Å². The summed E-state index contributed by atoms with van der Waals surface area (Å²) >= 11 is 3.08. The van der Waals surface area contributed by atoms with E-state index < -0.39 is 24.0 Å². The van der Waals surface area contributed by atoms with Crippen LogP contribution in [-0.4, -0.2) is 35.5 Å². The van der Waals surface area contributed by atoms with Gasteiger partial charge in [-0.15, -0.1) is 11.3 Å². The van der Waals surface area contributed by atoms with Crippen molar-refractivity contribution in [2.45, 2.75) is 37.0 Å². The van der Waals surface area contributed by atoms with E-state index in [1.165, 1.54) is 18.7 Å². The van der Waals surface area contributed by atoms with Crippen LogP contribution in [0.25, 0.3) is 0 Å². The molecule has 9 heteroatoms. The number of nitrogens with zero attached hydrogens (tertiary/aromatic N) is 1. The number of amides is 3. The molecule has 0 spiro atoms. The van der Waals surface area contributed by atoms with E-state index in [-0.39, 0.29) is 0 Å². The van der Waals surface area contributed by atoms with Crippen molar-refractivity contribution in [3.05, 3.63) is 46.5 Å². The van der Waals surface area contributed by atoms with Gasteiger partial charge in [-0.2, -0.15) is 0 Å². The summed E-state index contributed by atoms with van der Waals surface area (Å²) in [4.78, 5) is 40.2. The van der Waals surface area contributed by atoms with Crippen molar-refractivity contribution < 1.29 is 19.1 Å². The highest BCUT2D eigenvalue weighted by atomic mass is 32.2. The molecule has 1 aromatic heterocycles. The number of ether oxygens (including phenoxy) is 1. The van der Waals surface area contributed by atoms with E-state index in [9.17, 15) is 14.4 Å². The fourth-order valence-electron chi connectivity index (χ4n) is 2.08. The Morgan fingerprint density at radius 2 is 2.04 bits per heavy atom. The van der Waals surface area contributed by atoms with Gasteiger partial charge in [0.2, 0.25) is 0 Å². The Morgan fingerprint density at radius 3 is 2.70 bits per heavy atom. The topological polar surface area (TPSA) is 97.4 Å². The number of hydrogen-bond acceptors (Lipinski definition) is 7. The van der Waals surface area contributed by atoms with E-state index in [1.54, 1.807) is 30.4 Å². The van der Waals surface area contributed by atoms with Crippen molar-refractivity contribution in [3.8, 4) is 0 Å². The quantitative estimate of drug-likeness (QED) is 0.541. The fraction of sp³-hybridized carbons (Fsp3) is 0.333. The molecule has 0 aliphatic carbocycles. The molecule has 0 bridgehead atoms. The number of rotatable bonds is 7. The number of hydrogen-bond donors (Lipinski definition) is 2. The summed E-state index contributed by atoms with van der Waals surface area (Å²) in [6.07, 6.45) is -1.09. The highest BCUT2D eigenvalue weighted by Gasteiger charge is 2.22. The van der Waals surface area contributed by atoms with Gasteiger partial charge >= 0.3 is 12.0 Å². The summed E-state index contributed by atoms with van der Waals surface area (Å²) in [7, 11) is 0. The standard InChI is InChI=1S/C18H21N3O4S2/c1-4-19-17(24)21-15(22)12(3)25-16(23)14-8-6-5-7-13(14)10-27-18-20-11(2)9-26-18/h5-9,12H,4,10H2,1-3H3,(H2,19,21,22,24)/t12-/m1/s1. The maximum atomic E-state index is 12.5. The first-order valence-electron chi connectivity index (χ1n) is 8.33. The van der Waals surface area contributed by atoms with Crippen LogP contribution in [0.2, 0.25) is 0 Å². The molecule has 0 radical (unpaired) electrons. The number of carbonyl (C=O) groups is 3. The van der Waals surface area contributed by atoms with Gasteiger partial charge in [-0.25, -0.2) is 14.6 Å². The third-order valence-corrected chi connectivity index (χ3v) is 5.60. The largest absolute Gasteiger partial charge is 0.449 e. The molecule has 27 heavy (non-hydrogen) atoms. The molecule has 2 rings (SSSR count). The predicted octanol–water partition coefficient (Wildman–Crippen LogP) is 3.13. The highest BCUT2D eigenvalue weighted by Crippen LogP contribution is 2.27. The van der Waals surface area contributed by atoms with Crippen LogP contribution in [0.3, 0.4) is 0 Å². The van der Waals surface area contributed by atoms with Gasteiger partial charge in [-0.1, -0.05) is 30.0 Å². The lowest BCUT2D eigenvalue weighted by molar-refractivity contribution is -0.127. The van der Waals surface area contributed by atoms with Gasteiger partial charge in [0, 0.05) is 23.4 Å². The number of carbonyl (C=O) groups excluding carboxylic acids is 3. The molecule has 1 heterocycles. The molecule has 3 amide bonds. The van der Waals surface area contributed by atoms with E-state index in [0.717, 1.165) is 15.6 Å². The lowest BCUT2D eigenvalue weighted by Crippen LogP contribution is -2.44. The van der Waals surface area contributed by atoms with Crippen molar-refractivity contribution in [3.63, 3.8) is 0 Å². The SMILES string of the molecule is CCNC(=O)NC(=O)[C@@H](C)OC(=O)c1ccccc1CSc1nc(C)cs1. The Bertz CT molecular complexity index is 822. The van der Waals surface area contributed by atoms with Gasteiger partial charge in [-0.05, 0) is 32.4 Å². The van der Waals surface area contributed by atoms with Crippen LogP contribution in [0.15, 0.2) is 34.0 Å². The average Bonchev–Trinajstić information content (AvgIpc) is 3.05. The molecule has 0 aliphatic rings. The average molecular weight is 408 g/mol. The minimum absolute atomic E-state index is 0.385. The number of esters is 1. The Labute approximate surface area is 165 Å². The van der Waals surface area contributed by atoms with Crippen LogP contribution < -0.4 is 10.6 Å². The van der Waals surface area contributed by atoms with E-state index in [0.29, 0.717) is 17.9 Å². The van der Waals surface area contributed by atoms with Gasteiger partial charge in [0.15, 0.2) is 6.10 Å². The Hall–Kier alpha value is -2.39. The third-order valence-electron chi connectivity index (χ3n) is 3.41. The Morgan fingerprint density at radius 1 is 1.30 bits per heavy atom. The van der Waals surface area contributed by atoms with Gasteiger partial charge < -0.3 is 10.1 Å². The molecular weight excluding hydrogens is 386 g/mol. The molecule has 0 saturated carbocycles.